The average molecular weight is 264 g/mol. The van der Waals surface area contributed by atoms with Crippen LogP contribution < -0.4 is 15.4 Å². The molecule has 3 N–H and O–H groups in total. The number of anilines is 1. The van der Waals surface area contributed by atoms with E-state index >= 15 is 0 Å². The third kappa shape index (κ3) is 3.03. The summed E-state index contributed by atoms with van der Waals surface area (Å²) in [5.41, 5.74) is 6.01. The summed E-state index contributed by atoms with van der Waals surface area (Å²) in [6.45, 7) is 1.01. The number of ether oxygens (including phenoxy) is 1. The Labute approximate surface area is 110 Å². The minimum absolute atomic E-state index is 0.0449. The lowest BCUT2D eigenvalue weighted by Crippen LogP contribution is -2.25. The maximum atomic E-state index is 11.8. The van der Waals surface area contributed by atoms with Gasteiger partial charge >= 0.3 is 5.97 Å². The highest BCUT2D eigenvalue weighted by Crippen LogP contribution is 2.27. The first-order valence-corrected chi connectivity index (χ1v) is 6.08. The van der Waals surface area contributed by atoms with Crippen LogP contribution in [0.1, 0.15) is 6.42 Å². The fraction of sp³-hybridized carbons (Fsp3) is 0.385. The van der Waals surface area contributed by atoms with E-state index in [1.165, 1.54) is 4.90 Å². The summed E-state index contributed by atoms with van der Waals surface area (Å²) >= 11 is 0. The van der Waals surface area contributed by atoms with Crippen LogP contribution in [0.2, 0.25) is 0 Å². The molecule has 1 aliphatic heterocycles. The van der Waals surface area contributed by atoms with E-state index in [4.69, 9.17) is 15.6 Å². The van der Waals surface area contributed by atoms with Crippen LogP contribution in [0.3, 0.4) is 0 Å². The minimum Gasteiger partial charge on any atom is -0.492 e. The van der Waals surface area contributed by atoms with Crippen LogP contribution in [0, 0.1) is 5.92 Å². The van der Waals surface area contributed by atoms with E-state index in [0.29, 0.717) is 24.6 Å². The molecule has 0 aliphatic carbocycles. The molecule has 1 amide bonds. The van der Waals surface area contributed by atoms with Gasteiger partial charge in [0.1, 0.15) is 12.4 Å². The molecule has 1 unspecified atom stereocenters. The maximum absolute atomic E-state index is 11.8. The van der Waals surface area contributed by atoms with Gasteiger partial charge in [-0.1, -0.05) is 6.07 Å². The number of aliphatic carboxylic acids is 1. The molecule has 102 valence electrons. The fourth-order valence-electron chi connectivity index (χ4n) is 2.04. The zero-order valence-corrected chi connectivity index (χ0v) is 10.4. The van der Waals surface area contributed by atoms with Crippen LogP contribution in [0.15, 0.2) is 24.3 Å². The molecule has 0 saturated carbocycles. The van der Waals surface area contributed by atoms with E-state index in [9.17, 15) is 9.59 Å². The number of carbonyl (C=O) groups excluding carboxylic acids is 1. The van der Waals surface area contributed by atoms with Crippen LogP contribution in [-0.2, 0) is 9.59 Å². The second-order valence-electron chi connectivity index (χ2n) is 4.38. The van der Waals surface area contributed by atoms with Gasteiger partial charge in [-0.15, -0.1) is 0 Å². The van der Waals surface area contributed by atoms with Gasteiger partial charge in [-0.2, -0.15) is 0 Å². The second-order valence-corrected chi connectivity index (χ2v) is 4.38. The molecule has 0 bridgehead atoms. The van der Waals surface area contributed by atoms with Crippen LogP contribution in [-0.4, -0.2) is 36.7 Å². The molecule has 1 aromatic carbocycles. The Morgan fingerprint density at radius 3 is 2.95 bits per heavy atom. The number of amides is 1. The van der Waals surface area contributed by atoms with E-state index in [2.05, 4.69) is 0 Å². The number of hydrogen-bond acceptors (Lipinski definition) is 4. The number of carboxylic acid groups (broad SMARTS) is 1. The number of nitrogens with zero attached hydrogens (tertiary/aromatic N) is 1. The molecule has 1 fully saturated rings. The summed E-state index contributed by atoms with van der Waals surface area (Å²) in [5.74, 6) is -1.13. The Morgan fingerprint density at radius 2 is 2.32 bits per heavy atom. The Hall–Kier alpha value is -2.08. The van der Waals surface area contributed by atoms with Crippen molar-refractivity contribution in [1.82, 2.24) is 0 Å². The van der Waals surface area contributed by atoms with Crippen molar-refractivity contribution in [3.05, 3.63) is 24.3 Å². The topological polar surface area (TPSA) is 92.9 Å². The Balaban J connectivity index is 2.13. The molecule has 1 aliphatic rings. The van der Waals surface area contributed by atoms with E-state index < -0.39 is 11.9 Å². The molecule has 2 rings (SSSR count). The van der Waals surface area contributed by atoms with Crippen LogP contribution in [0.4, 0.5) is 5.69 Å². The van der Waals surface area contributed by atoms with Gasteiger partial charge in [-0.25, -0.2) is 0 Å². The summed E-state index contributed by atoms with van der Waals surface area (Å²) < 4.78 is 5.39. The van der Waals surface area contributed by atoms with Gasteiger partial charge in [0, 0.05) is 31.3 Å². The van der Waals surface area contributed by atoms with Crippen molar-refractivity contribution in [2.75, 3.05) is 24.6 Å². The normalized spacial score (nSPS) is 18.7. The third-order valence-electron chi connectivity index (χ3n) is 2.99. The number of nitrogens with two attached hydrogens (primary N) is 1. The van der Waals surface area contributed by atoms with E-state index in [1.54, 1.807) is 24.3 Å². The largest absolute Gasteiger partial charge is 0.492 e. The fourth-order valence-corrected chi connectivity index (χ4v) is 2.04. The molecule has 1 saturated heterocycles. The molecular formula is C13H16N2O4. The standard InChI is InChI=1S/C13H16N2O4/c14-4-5-19-11-3-1-2-10(7-11)15-8-9(13(17)18)6-12(15)16/h1-3,7,9H,4-6,8,14H2,(H,17,18). The zero-order valence-electron chi connectivity index (χ0n) is 10.4. The monoisotopic (exact) mass is 264 g/mol. The Morgan fingerprint density at radius 1 is 1.53 bits per heavy atom. The number of carboxylic acids is 1. The molecule has 19 heavy (non-hydrogen) atoms. The van der Waals surface area contributed by atoms with Gasteiger partial charge in [0.2, 0.25) is 5.91 Å². The average Bonchev–Trinajstić information content (AvgIpc) is 2.79. The first-order valence-electron chi connectivity index (χ1n) is 6.08. The number of carbonyl (C=O) groups is 2. The highest BCUT2D eigenvalue weighted by atomic mass is 16.5. The SMILES string of the molecule is NCCOc1cccc(N2CC(C(=O)O)CC2=O)c1. The van der Waals surface area contributed by atoms with Crippen molar-refractivity contribution in [2.45, 2.75) is 6.42 Å². The smallest absolute Gasteiger partial charge is 0.308 e. The van der Waals surface area contributed by atoms with E-state index in [0.717, 1.165) is 0 Å². The highest BCUT2D eigenvalue weighted by molar-refractivity contribution is 5.99. The predicted octanol–water partition coefficient (Wildman–Crippen LogP) is 0.462. The molecule has 6 heteroatoms. The highest BCUT2D eigenvalue weighted by Gasteiger charge is 2.35. The van der Waals surface area contributed by atoms with E-state index in [1.807, 2.05) is 0 Å². The molecular weight excluding hydrogens is 248 g/mol. The number of hydrogen-bond donors (Lipinski definition) is 2. The number of rotatable bonds is 5. The van der Waals surface area contributed by atoms with Crippen LogP contribution >= 0.6 is 0 Å². The summed E-state index contributed by atoms with van der Waals surface area (Å²) in [5, 5.41) is 8.95. The lowest BCUT2D eigenvalue weighted by atomic mass is 10.1. The van der Waals surface area contributed by atoms with Crippen molar-refractivity contribution < 1.29 is 19.4 Å². The molecule has 0 radical (unpaired) electrons. The number of benzene rings is 1. The third-order valence-corrected chi connectivity index (χ3v) is 2.99. The van der Waals surface area contributed by atoms with Crippen LogP contribution in [0.25, 0.3) is 0 Å². The van der Waals surface area contributed by atoms with Crippen molar-refractivity contribution in [2.24, 2.45) is 11.7 Å². The van der Waals surface area contributed by atoms with Crippen molar-refractivity contribution in [3.63, 3.8) is 0 Å². The zero-order chi connectivity index (χ0) is 13.8. The summed E-state index contributed by atoms with van der Waals surface area (Å²) in [4.78, 5) is 24.2. The van der Waals surface area contributed by atoms with Crippen molar-refractivity contribution in [3.8, 4) is 5.75 Å². The first kappa shape index (κ1) is 13.4. The lowest BCUT2D eigenvalue weighted by molar-refractivity contribution is -0.141. The van der Waals surface area contributed by atoms with Gasteiger partial charge in [-0.3, -0.25) is 9.59 Å². The molecule has 0 spiro atoms. The van der Waals surface area contributed by atoms with Crippen molar-refractivity contribution in [1.29, 1.82) is 0 Å². The first-order chi connectivity index (χ1) is 9.11. The van der Waals surface area contributed by atoms with Gasteiger partial charge in [0.15, 0.2) is 0 Å². The summed E-state index contributed by atoms with van der Waals surface area (Å²) in [6, 6.07) is 7.02. The molecule has 1 atom stereocenters. The quantitative estimate of drug-likeness (QED) is 0.806. The summed E-state index contributed by atoms with van der Waals surface area (Å²) in [6.07, 6.45) is 0.0449. The predicted molar refractivity (Wildman–Crippen MR) is 69.1 cm³/mol. The van der Waals surface area contributed by atoms with E-state index in [-0.39, 0.29) is 18.9 Å². The molecule has 0 aromatic heterocycles. The second kappa shape index (κ2) is 5.71. The molecule has 1 aromatic rings. The van der Waals surface area contributed by atoms with Gasteiger partial charge in [0.25, 0.3) is 0 Å². The Bertz CT molecular complexity index is 489. The van der Waals surface area contributed by atoms with Gasteiger partial charge < -0.3 is 20.5 Å². The van der Waals surface area contributed by atoms with Gasteiger partial charge in [0.05, 0.1) is 5.92 Å². The maximum Gasteiger partial charge on any atom is 0.308 e. The Kier molecular flexibility index (Phi) is 4.01. The summed E-state index contributed by atoms with van der Waals surface area (Å²) in [7, 11) is 0. The molecule has 6 nitrogen and oxygen atoms in total. The van der Waals surface area contributed by atoms with Crippen molar-refractivity contribution >= 4 is 17.6 Å². The minimum atomic E-state index is -0.939. The molecule has 1 heterocycles. The lowest BCUT2D eigenvalue weighted by Gasteiger charge is -2.17. The van der Waals surface area contributed by atoms with Gasteiger partial charge in [-0.05, 0) is 12.1 Å². The van der Waals surface area contributed by atoms with Crippen LogP contribution in [0.5, 0.6) is 5.75 Å².